The zero-order valence-electron chi connectivity index (χ0n) is 18.5. The predicted octanol–water partition coefficient (Wildman–Crippen LogP) is 3.26. The van der Waals surface area contributed by atoms with E-state index in [1.807, 2.05) is 6.92 Å². The van der Waals surface area contributed by atoms with E-state index < -0.39 is 16.1 Å². The van der Waals surface area contributed by atoms with E-state index in [9.17, 15) is 18.3 Å². The van der Waals surface area contributed by atoms with Crippen LogP contribution in [0.5, 0.6) is 5.75 Å². The van der Waals surface area contributed by atoms with Gasteiger partial charge in [0.15, 0.2) is 0 Å². The number of amides is 1. The summed E-state index contributed by atoms with van der Waals surface area (Å²) in [6.07, 6.45) is 4.85. The standard InChI is InChI=1S/C22H33BrN2O5S/c1-15-12-25(16(2)14-26)31(28,29)21-10-9-18(23)11-19(21)30-20(15)13-24(3)22(27)17-7-5-4-6-8-17/h9-11,15-17,20,26H,4-8,12-14H2,1-3H3/t15-,16+,20-/m0/s1. The quantitative estimate of drug-likeness (QED) is 0.648. The number of aliphatic hydroxyl groups is 1. The number of sulfonamides is 1. The summed E-state index contributed by atoms with van der Waals surface area (Å²) in [5, 5.41) is 9.69. The van der Waals surface area contributed by atoms with E-state index in [1.165, 1.54) is 16.8 Å². The van der Waals surface area contributed by atoms with Gasteiger partial charge in [-0.2, -0.15) is 4.31 Å². The highest BCUT2D eigenvalue weighted by molar-refractivity contribution is 9.10. The highest BCUT2D eigenvalue weighted by Crippen LogP contribution is 2.35. The molecule has 7 nitrogen and oxygen atoms in total. The zero-order chi connectivity index (χ0) is 22.8. The van der Waals surface area contributed by atoms with Gasteiger partial charge in [-0.1, -0.05) is 42.1 Å². The highest BCUT2D eigenvalue weighted by atomic mass is 79.9. The molecule has 3 rings (SSSR count). The second-order valence-corrected chi connectivity index (χ2v) is 11.7. The molecular weight excluding hydrogens is 484 g/mol. The van der Waals surface area contributed by atoms with Gasteiger partial charge in [0.1, 0.15) is 16.7 Å². The van der Waals surface area contributed by atoms with Gasteiger partial charge >= 0.3 is 0 Å². The van der Waals surface area contributed by atoms with Gasteiger partial charge in [0.2, 0.25) is 15.9 Å². The predicted molar refractivity (Wildman–Crippen MR) is 122 cm³/mol. The van der Waals surface area contributed by atoms with Gasteiger partial charge in [0.25, 0.3) is 0 Å². The minimum absolute atomic E-state index is 0.0651. The molecule has 0 saturated heterocycles. The van der Waals surface area contributed by atoms with Gasteiger partial charge in [0, 0.05) is 35.9 Å². The first-order valence-corrected chi connectivity index (χ1v) is 13.2. The summed E-state index contributed by atoms with van der Waals surface area (Å²) in [6, 6.07) is 4.28. The lowest BCUT2D eigenvalue weighted by Gasteiger charge is -2.38. The van der Waals surface area contributed by atoms with E-state index in [0.717, 1.165) is 25.7 Å². The number of carbonyl (C=O) groups excluding carboxylic acids is 1. The lowest BCUT2D eigenvalue weighted by atomic mass is 9.88. The average Bonchev–Trinajstić information content (AvgIpc) is 2.75. The molecule has 1 heterocycles. The summed E-state index contributed by atoms with van der Waals surface area (Å²) in [4.78, 5) is 14.8. The maximum atomic E-state index is 13.3. The number of likely N-dealkylation sites (N-methyl/N-ethyl adjacent to an activating group) is 1. The Labute approximate surface area is 193 Å². The minimum atomic E-state index is -3.84. The Hall–Kier alpha value is -1.16. The van der Waals surface area contributed by atoms with E-state index in [2.05, 4.69) is 15.9 Å². The summed E-state index contributed by atoms with van der Waals surface area (Å²) in [6.45, 7) is 3.93. The van der Waals surface area contributed by atoms with Crippen LogP contribution in [0.2, 0.25) is 0 Å². The molecule has 1 amide bonds. The second-order valence-electron chi connectivity index (χ2n) is 8.88. The number of fused-ring (bicyclic) bond motifs is 1. The van der Waals surface area contributed by atoms with E-state index in [0.29, 0.717) is 11.0 Å². The number of hydrogen-bond acceptors (Lipinski definition) is 5. The molecule has 0 spiro atoms. The number of ether oxygens (including phenoxy) is 1. The molecule has 0 unspecified atom stereocenters. The van der Waals surface area contributed by atoms with Crippen LogP contribution in [-0.2, 0) is 14.8 Å². The third kappa shape index (κ3) is 5.43. The maximum absolute atomic E-state index is 13.3. The van der Waals surface area contributed by atoms with Gasteiger partial charge in [-0.3, -0.25) is 4.79 Å². The van der Waals surface area contributed by atoms with Crippen LogP contribution in [0.1, 0.15) is 46.0 Å². The Balaban J connectivity index is 1.91. The van der Waals surface area contributed by atoms with Crippen LogP contribution in [-0.4, -0.2) is 67.5 Å². The maximum Gasteiger partial charge on any atom is 0.247 e. The molecule has 9 heteroatoms. The Morgan fingerprint density at radius 1 is 1.32 bits per heavy atom. The molecule has 0 radical (unpaired) electrons. The second kappa shape index (κ2) is 10.2. The number of carbonyl (C=O) groups is 1. The fourth-order valence-electron chi connectivity index (χ4n) is 4.44. The molecule has 2 aliphatic rings. The summed E-state index contributed by atoms with van der Waals surface area (Å²) in [7, 11) is -2.04. The smallest absolute Gasteiger partial charge is 0.247 e. The van der Waals surface area contributed by atoms with E-state index in [-0.39, 0.29) is 47.6 Å². The Morgan fingerprint density at radius 2 is 2.00 bits per heavy atom. The third-order valence-electron chi connectivity index (χ3n) is 6.41. The number of benzene rings is 1. The number of rotatable bonds is 5. The van der Waals surface area contributed by atoms with E-state index >= 15 is 0 Å². The molecule has 1 aliphatic carbocycles. The van der Waals surface area contributed by atoms with Crippen LogP contribution >= 0.6 is 15.9 Å². The van der Waals surface area contributed by atoms with Crippen molar-refractivity contribution in [3.05, 3.63) is 22.7 Å². The van der Waals surface area contributed by atoms with Crippen molar-refractivity contribution < 1.29 is 23.1 Å². The fourth-order valence-corrected chi connectivity index (χ4v) is 6.60. The largest absolute Gasteiger partial charge is 0.487 e. The van der Waals surface area contributed by atoms with Gasteiger partial charge in [-0.15, -0.1) is 0 Å². The number of hydrogen-bond donors (Lipinski definition) is 1. The van der Waals surface area contributed by atoms with Crippen LogP contribution in [0, 0.1) is 11.8 Å². The molecule has 1 N–H and O–H groups in total. The lowest BCUT2D eigenvalue weighted by Crippen LogP contribution is -2.50. The topological polar surface area (TPSA) is 87.2 Å². The molecule has 3 atom stereocenters. The molecule has 174 valence electrons. The van der Waals surface area contributed by atoms with Crippen molar-refractivity contribution in [1.29, 1.82) is 0 Å². The van der Waals surface area contributed by atoms with Gasteiger partial charge in [0.05, 0.1) is 13.2 Å². The van der Waals surface area contributed by atoms with Crippen molar-refractivity contribution in [2.75, 3.05) is 26.7 Å². The zero-order valence-corrected chi connectivity index (χ0v) is 20.9. The van der Waals surface area contributed by atoms with Crippen LogP contribution < -0.4 is 4.74 Å². The molecule has 31 heavy (non-hydrogen) atoms. The Morgan fingerprint density at radius 3 is 2.65 bits per heavy atom. The number of nitrogens with zero attached hydrogens (tertiary/aromatic N) is 2. The molecule has 1 fully saturated rings. The molecule has 1 aromatic carbocycles. The molecule has 1 saturated carbocycles. The van der Waals surface area contributed by atoms with Crippen molar-refractivity contribution >= 4 is 31.9 Å². The van der Waals surface area contributed by atoms with E-state index in [1.54, 1.807) is 31.0 Å². The Kier molecular flexibility index (Phi) is 8.05. The molecule has 1 aliphatic heterocycles. The summed E-state index contributed by atoms with van der Waals surface area (Å²) >= 11 is 3.40. The lowest BCUT2D eigenvalue weighted by molar-refractivity contribution is -0.136. The summed E-state index contributed by atoms with van der Waals surface area (Å²) in [5.74, 6) is 0.285. The van der Waals surface area contributed by atoms with Gasteiger partial charge in [-0.25, -0.2) is 8.42 Å². The monoisotopic (exact) mass is 516 g/mol. The minimum Gasteiger partial charge on any atom is -0.487 e. The fraction of sp³-hybridized carbons (Fsp3) is 0.682. The van der Waals surface area contributed by atoms with Crippen molar-refractivity contribution in [1.82, 2.24) is 9.21 Å². The molecular formula is C22H33BrN2O5S. The van der Waals surface area contributed by atoms with Crippen LogP contribution in [0.3, 0.4) is 0 Å². The first-order chi connectivity index (χ1) is 14.6. The average molecular weight is 517 g/mol. The van der Waals surface area contributed by atoms with Crippen LogP contribution in [0.25, 0.3) is 0 Å². The third-order valence-corrected chi connectivity index (χ3v) is 8.93. The summed E-state index contributed by atoms with van der Waals surface area (Å²) < 4.78 is 35.0. The van der Waals surface area contributed by atoms with Crippen molar-refractivity contribution in [3.8, 4) is 5.75 Å². The van der Waals surface area contributed by atoms with Crippen LogP contribution in [0.15, 0.2) is 27.6 Å². The molecule has 1 aromatic rings. The molecule has 0 aromatic heterocycles. The first-order valence-electron chi connectivity index (χ1n) is 11.0. The molecule has 0 bridgehead atoms. The van der Waals surface area contributed by atoms with Crippen LogP contribution in [0.4, 0.5) is 0 Å². The summed E-state index contributed by atoms with van der Waals surface area (Å²) in [5.41, 5.74) is 0. The van der Waals surface area contributed by atoms with Gasteiger partial charge in [-0.05, 0) is 38.0 Å². The van der Waals surface area contributed by atoms with Crippen molar-refractivity contribution in [2.24, 2.45) is 11.8 Å². The van der Waals surface area contributed by atoms with Crippen molar-refractivity contribution in [2.45, 2.75) is 63.0 Å². The normalized spacial score (nSPS) is 25.6. The number of halogens is 1. The number of aliphatic hydroxyl groups excluding tert-OH is 1. The van der Waals surface area contributed by atoms with Crippen molar-refractivity contribution in [3.63, 3.8) is 0 Å². The SMILES string of the molecule is C[C@H](CO)N1C[C@H](C)[C@H](CN(C)C(=O)C2CCCCC2)Oc2cc(Br)ccc2S1(=O)=O. The van der Waals surface area contributed by atoms with Gasteiger partial charge < -0.3 is 14.7 Å². The first kappa shape index (κ1) is 24.5. The van der Waals surface area contributed by atoms with E-state index in [4.69, 9.17) is 4.74 Å². The Bertz CT molecular complexity index is 888. The highest BCUT2D eigenvalue weighted by Gasteiger charge is 2.38.